The molecule has 0 N–H and O–H groups in total. The topological polar surface area (TPSA) is 0 Å². The molecule has 10 heavy (non-hydrogen) atoms. The minimum atomic E-state index is -2.41. The van der Waals surface area contributed by atoms with Gasteiger partial charge < -0.3 is 0 Å². The van der Waals surface area contributed by atoms with E-state index < -0.39 is 5.92 Å². The van der Waals surface area contributed by atoms with E-state index in [0.717, 1.165) is 5.57 Å². The van der Waals surface area contributed by atoms with E-state index in [-0.39, 0.29) is 18.8 Å². The summed E-state index contributed by atoms with van der Waals surface area (Å²) in [5.74, 6) is -2.36. The monoisotopic (exact) mass is 210 g/mol. The molecule has 0 bridgehead atoms. The lowest BCUT2D eigenvalue weighted by atomic mass is 9.77. The molecule has 0 amide bonds. The Morgan fingerprint density at radius 1 is 1.60 bits per heavy atom. The van der Waals surface area contributed by atoms with Crippen LogP contribution in [0.3, 0.4) is 0 Å². The Morgan fingerprint density at radius 2 is 2.10 bits per heavy atom. The molecular formula is C7H9BrF2. The van der Waals surface area contributed by atoms with E-state index in [9.17, 15) is 8.78 Å². The summed E-state index contributed by atoms with van der Waals surface area (Å²) in [4.78, 5) is 0. The van der Waals surface area contributed by atoms with E-state index in [0.29, 0.717) is 5.33 Å². The van der Waals surface area contributed by atoms with Crippen LogP contribution in [0.4, 0.5) is 8.78 Å². The highest BCUT2D eigenvalue weighted by molar-refractivity contribution is 9.09. The largest absolute Gasteiger partial charge is 0.249 e. The number of halogens is 3. The summed E-state index contributed by atoms with van der Waals surface area (Å²) in [6.45, 7) is 3.68. The SMILES string of the molecule is C=C(CBr)C1CC(F)(F)C1. The standard InChI is InChI=1S/C7H9BrF2/c1-5(4-8)6-2-7(9,10)3-6/h6H,1-4H2. The fraction of sp³-hybridized carbons (Fsp3) is 0.714. The van der Waals surface area contributed by atoms with Gasteiger partial charge in [0.15, 0.2) is 0 Å². The van der Waals surface area contributed by atoms with E-state index in [4.69, 9.17) is 0 Å². The molecule has 0 atom stereocenters. The fourth-order valence-corrected chi connectivity index (χ4v) is 1.52. The van der Waals surface area contributed by atoms with Crippen LogP contribution in [-0.2, 0) is 0 Å². The summed E-state index contributed by atoms with van der Waals surface area (Å²) in [6, 6.07) is 0. The minimum absolute atomic E-state index is 0.00255. The van der Waals surface area contributed by atoms with Crippen molar-refractivity contribution in [1.29, 1.82) is 0 Å². The van der Waals surface area contributed by atoms with Gasteiger partial charge in [-0.3, -0.25) is 0 Å². The Bertz CT molecular complexity index is 146. The molecule has 0 nitrogen and oxygen atoms in total. The maximum Gasteiger partial charge on any atom is 0.249 e. The second kappa shape index (κ2) is 2.61. The number of hydrogen-bond donors (Lipinski definition) is 0. The van der Waals surface area contributed by atoms with E-state index in [1.165, 1.54) is 0 Å². The highest BCUT2D eigenvalue weighted by atomic mass is 79.9. The lowest BCUT2D eigenvalue weighted by molar-refractivity contribution is -0.0989. The first-order valence-electron chi connectivity index (χ1n) is 3.16. The molecule has 1 fully saturated rings. The van der Waals surface area contributed by atoms with Gasteiger partial charge in [-0.25, -0.2) is 8.78 Å². The van der Waals surface area contributed by atoms with E-state index in [2.05, 4.69) is 22.5 Å². The van der Waals surface area contributed by atoms with Gasteiger partial charge in [0.05, 0.1) is 0 Å². The minimum Gasteiger partial charge on any atom is -0.207 e. The maximum absolute atomic E-state index is 12.2. The van der Waals surface area contributed by atoms with Crippen molar-refractivity contribution in [1.82, 2.24) is 0 Å². The molecule has 0 heterocycles. The van der Waals surface area contributed by atoms with E-state index in [1.54, 1.807) is 0 Å². The van der Waals surface area contributed by atoms with Gasteiger partial charge in [0, 0.05) is 18.2 Å². The van der Waals surface area contributed by atoms with Gasteiger partial charge >= 0.3 is 0 Å². The second-order valence-electron chi connectivity index (χ2n) is 2.75. The van der Waals surface area contributed by atoms with Crippen molar-refractivity contribution in [3.8, 4) is 0 Å². The summed E-state index contributed by atoms with van der Waals surface area (Å²) >= 11 is 3.18. The summed E-state index contributed by atoms with van der Waals surface area (Å²) in [7, 11) is 0. The van der Waals surface area contributed by atoms with Crippen LogP contribution in [0.2, 0.25) is 0 Å². The van der Waals surface area contributed by atoms with Crippen molar-refractivity contribution in [3.63, 3.8) is 0 Å². The molecular weight excluding hydrogens is 202 g/mol. The summed E-state index contributed by atoms with van der Waals surface area (Å²) < 4.78 is 24.5. The highest BCUT2D eigenvalue weighted by Crippen LogP contribution is 2.45. The lowest BCUT2D eigenvalue weighted by Gasteiger charge is -2.35. The van der Waals surface area contributed by atoms with Gasteiger partial charge in [-0.1, -0.05) is 28.1 Å². The normalized spacial score (nSPS) is 23.9. The third kappa shape index (κ3) is 1.57. The van der Waals surface area contributed by atoms with Crippen LogP contribution >= 0.6 is 15.9 Å². The van der Waals surface area contributed by atoms with Gasteiger partial charge in [-0.05, 0) is 5.92 Å². The van der Waals surface area contributed by atoms with Crippen LogP contribution in [0.25, 0.3) is 0 Å². The van der Waals surface area contributed by atoms with Crippen molar-refractivity contribution in [2.45, 2.75) is 18.8 Å². The number of rotatable bonds is 2. The molecule has 1 saturated carbocycles. The zero-order valence-corrected chi connectivity index (χ0v) is 7.13. The molecule has 0 unspecified atom stereocenters. The van der Waals surface area contributed by atoms with Gasteiger partial charge in [-0.15, -0.1) is 0 Å². The first-order valence-corrected chi connectivity index (χ1v) is 4.29. The van der Waals surface area contributed by atoms with Crippen LogP contribution in [0.1, 0.15) is 12.8 Å². The third-order valence-electron chi connectivity index (χ3n) is 1.84. The summed E-state index contributed by atoms with van der Waals surface area (Å²) in [5.41, 5.74) is 0.894. The average molecular weight is 211 g/mol. The molecule has 0 aromatic carbocycles. The molecule has 0 aromatic heterocycles. The third-order valence-corrected chi connectivity index (χ3v) is 2.56. The predicted octanol–water partition coefficient (Wildman–Crippen LogP) is 2.98. The molecule has 0 aromatic rings. The van der Waals surface area contributed by atoms with Crippen molar-refractivity contribution >= 4 is 15.9 Å². The van der Waals surface area contributed by atoms with Gasteiger partial charge in [0.1, 0.15) is 0 Å². The van der Waals surface area contributed by atoms with Crippen molar-refractivity contribution in [2.75, 3.05) is 5.33 Å². The van der Waals surface area contributed by atoms with Crippen LogP contribution in [0.5, 0.6) is 0 Å². The van der Waals surface area contributed by atoms with Crippen molar-refractivity contribution < 1.29 is 8.78 Å². The predicted molar refractivity (Wildman–Crippen MR) is 40.6 cm³/mol. The van der Waals surface area contributed by atoms with Crippen LogP contribution in [-0.4, -0.2) is 11.3 Å². The van der Waals surface area contributed by atoms with Crippen LogP contribution < -0.4 is 0 Å². The maximum atomic E-state index is 12.2. The van der Waals surface area contributed by atoms with Crippen LogP contribution in [0.15, 0.2) is 12.2 Å². The Balaban J connectivity index is 2.33. The van der Waals surface area contributed by atoms with Crippen LogP contribution in [0, 0.1) is 5.92 Å². The van der Waals surface area contributed by atoms with Gasteiger partial charge in [-0.2, -0.15) is 0 Å². The molecule has 1 aliphatic carbocycles. The second-order valence-corrected chi connectivity index (χ2v) is 3.31. The smallest absolute Gasteiger partial charge is 0.207 e. The lowest BCUT2D eigenvalue weighted by Crippen LogP contribution is -2.36. The molecule has 0 radical (unpaired) electrons. The van der Waals surface area contributed by atoms with Crippen molar-refractivity contribution in [3.05, 3.63) is 12.2 Å². The molecule has 1 aliphatic rings. The Kier molecular flexibility index (Phi) is 2.13. The molecule has 0 saturated heterocycles. The highest BCUT2D eigenvalue weighted by Gasteiger charge is 2.45. The number of alkyl halides is 3. The Labute approximate surface area is 67.4 Å². The fourth-order valence-electron chi connectivity index (χ4n) is 1.06. The van der Waals surface area contributed by atoms with Gasteiger partial charge in [0.2, 0.25) is 5.92 Å². The van der Waals surface area contributed by atoms with E-state index in [1.807, 2.05) is 0 Å². The Hall–Kier alpha value is 0.0800. The van der Waals surface area contributed by atoms with E-state index >= 15 is 0 Å². The first-order chi connectivity index (χ1) is 4.55. The summed E-state index contributed by atoms with van der Waals surface area (Å²) in [6.07, 6.45) is -0.00509. The first kappa shape index (κ1) is 8.18. The zero-order valence-electron chi connectivity index (χ0n) is 5.54. The number of allylic oxidation sites excluding steroid dienone is 1. The Morgan fingerprint density at radius 3 is 2.40 bits per heavy atom. The van der Waals surface area contributed by atoms with Gasteiger partial charge in [0.25, 0.3) is 0 Å². The number of hydrogen-bond acceptors (Lipinski definition) is 0. The quantitative estimate of drug-likeness (QED) is 0.486. The molecule has 1 rings (SSSR count). The molecule has 3 heteroatoms. The average Bonchev–Trinajstić information content (AvgIpc) is 1.81. The van der Waals surface area contributed by atoms with Crippen molar-refractivity contribution in [2.24, 2.45) is 5.92 Å². The molecule has 0 aliphatic heterocycles. The zero-order chi connectivity index (χ0) is 7.78. The summed E-state index contributed by atoms with van der Waals surface area (Å²) in [5, 5.41) is 0.647. The molecule has 0 spiro atoms. The molecule has 58 valence electrons.